The Morgan fingerprint density at radius 1 is 0.784 bits per heavy atom. The number of nitrogens with zero attached hydrogens (tertiary/aromatic N) is 1. The van der Waals surface area contributed by atoms with Gasteiger partial charge in [0.15, 0.2) is 6.61 Å². The molecule has 0 aliphatic carbocycles. The van der Waals surface area contributed by atoms with Crippen LogP contribution in [0, 0.1) is 0 Å². The van der Waals surface area contributed by atoms with E-state index in [4.69, 9.17) is 25.8 Å². The van der Waals surface area contributed by atoms with Gasteiger partial charge < -0.3 is 14.2 Å². The van der Waals surface area contributed by atoms with Gasteiger partial charge in [-0.1, -0.05) is 54.1 Å². The molecule has 186 valence electrons. The second kappa shape index (κ2) is 12.9. The third-order valence-corrected chi connectivity index (χ3v) is 5.25. The molecular weight excluding hydrogens is 492 g/mol. The summed E-state index contributed by atoms with van der Waals surface area (Å²) in [4.78, 5) is 24.3. The monoisotopic (exact) mass is 514 g/mol. The number of nitrogens with one attached hydrogen (secondary N) is 1. The number of halogens is 1. The fourth-order valence-electron chi connectivity index (χ4n) is 3.14. The van der Waals surface area contributed by atoms with Crippen LogP contribution in [0.4, 0.5) is 0 Å². The van der Waals surface area contributed by atoms with Crippen molar-refractivity contribution in [1.82, 2.24) is 5.43 Å². The molecule has 0 heterocycles. The van der Waals surface area contributed by atoms with Crippen LogP contribution in [0.1, 0.15) is 21.5 Å². The standard InChI is InChI=1S/C29H23ClN2O5/c30-24-11-9-23(10-12-24)29(34)37-27-8-4-7-22(17-27)18-31-32-28(33)20-36-26-15-13-25(14-16-26)35-19-21-5-2-1-3-6-21/h1-18H,19-20H2,(H,32,33)/b31-18+. The molecule has 0 atom stereocenters. The first-order valence-electron chi connectivity index (χ1n) is 11.3. The van der Waals surface area contributed by atoms with Gasteiger partial charge in [-0.05, 0) is 71.8 Å². The summed E-state index contributed by atoms with van der Waals surface area (Å²) in [5.41, 5.74) is 4.49. The third-order valence-electron chi connectivity index (χ3n) is 4.99. The fourth-order valence-corrected chi connectivity index (χ4v) is 3.27. The summed E-state index contributed by atoms with van der Waals surface area (Å²) in [6.45, 7) is 0.259. The van der Waals surface area contributed by atoms with Crippen molar-refractivity contribution in [1.29, 1.82) is 0 Å². The van der Waals surface area contributed by atoms with Crippen molar-refractivity contribution >= 4 is 29.7 Å². The van der Waals surface area contributed by atoms with Crippen molar-refractivity contribution in [3.63, 3.8) is 0 Å². The molecule has 0 saturated heterocycles. The summed E-state index contributed by atoms with van der Waals surface area (Å²) < 4.78 is 16.6. The number of amides is 1. The van der Waals surface area contributed by atoms with E-state index in [9.17, 15) is 9.59 Å². The lowest BCUT2D eigenvalue weighted by Crippen LogP contribution is -2.24. The number of hydrogen-bond donors (Lipinski definition) is 1. The van der Waals surface area contributed by atoms with Crippen LogP contribution in [0.3, 0.4) is 0 Å². The number of hydrogen-bond acceptors (Lipinski definition) is 6. The van der Waals surface area contributed by atoms with Gasteiger partial charge in [0.2, 0.25) is 0 Å². The molecule has 1 amide bonds. The van der Waals surface area contributed by atoms with E-state index in [1.165, 1.54) is 6.21 Å². The van der Waals surface area contributed by atoms with Crippen molar-refractivity contribution in [2.45, 2.75) is 6.61 Å². The Labute approximate surface area is 219 Å². The first kappa shape index (κ1) is 25.5. The van der Waals surface area contributed by atoms with E-state index in [-0.39, 0.29) is 6.61 Å². The lowest BCUT2D eigenvalue weighted by atomic mass is 10.2. The van der Waals surface area contributed by atoms with E-state index < -0.39 is 11.9 Å². The maximum atomic E-state index is 12.3. The van der Waals surface area contributed by atoms with Gasteiger partial charge in [-0.2, -0.15) is 5.10 Å². The smallest absolute Gasteiger partial charge is 0.343 e. The highest BCUT2D eigenvalue weighted by Crippen LogP contribution is 2.19. The Bertz CT molecular complexity index is 1360. The molecule has 0 aliphatic heterocycles. The van der Waals surface area contributed by atoms with Gasteiger partial charge >= 0.3 is 5.97 Å². The molecule has 0 fully saturated rings. The summed E-state index contributed by atoms with van der Waals surface area (Å²) in [6, 6.07) is 30.0. The average molecular weight is 515 g/mol. The molecule has 7 nitrogen and oxygen atoms in total. The van der Waals surface area contributed by atoms with Gasteiger partial charge in [0.1, 0.15) is 23.9 Å². The van der Waals surface area contributed by atoms with Gasteiger partial charge in [-0.25, -0.2) is 10.2 Å². The molecule has 0 unspecified atom stereocenters. The van der Waals surface area contributed by atoms with E-state index in [2.05, 4.69) is 10.5 Å². The first-order valence-corrected chi connectivity index (χ1v) is 11.7. The minimum atomic E-state index is -0.507. The van der Waals surface area contributed by atoms with Gasteiger partial charge in [0.25, 0.3) is 5.91 Å². The molecule has 0 bridgehead atoms. The highest BCUT2D eigenvalue weighted by molar-refractivity contribution is 6.30. The van der Waals surface area contributed by atoms with Crippen LogP contribution in [0.2, 0.25) is 5.02 Å². The molecular formula is C29H23ClN2O5. The topological polar surface area (TPSA) is 86.2 Å². The quantitative estimate of drug-likeness (QED) is 0.128. The predicted molar refractivity (Wildman–Crippen MR) is 141 cm³/mol. The SMILES string of the molecule is O=C(COc1ccc(OCc2ccccc2)cc1)N/N=C/c1cccc(OC(=O)c2ccc(Cl)cc2)c1. The van der Waals surface area contributed by atoms with E-state index >= 15 is 0 Å². The highest BCUT2D eigenvalue weighted by atomic mass is 35.5. The van der Waals surface area contributed by atoms with Crippen LogP contribution in [-0.4, -0.2) is 24.7 Å². The van der Waals surface area contributed by atoms with Crippen LogP contribution in [0.5, 0.6) is 17.2 Å². The van der Waals surface area contributed by atoms with Gasteiger partial charge in [-0.3, -0.25) is 4.79 Å². The number of ether oxygens (including phenoxy) is 3. The van der Waals surface area contributed by atoms with Gasteiger partial charge in [0.05, 0.1) is 11.8 Å². The van der Waals surface area contributed by atoms with E-state index in [0.717, 1.165) is 5.56 Å². The zero-order valence-corrected chi connectivity index (χ0v) is 20.4. The van der Waals surface area contributed by atoms with Crippen LogP contribution in [-0.2, 0) is 11.4 Å². The summed E-state index contributed by atoms with van der Waals surface area (Å²) in [5, 5.41) is 4.46. The number of carbonyl (C=O) groups excluding carboxylic acids is 2. The van der Waals surface area contributed by atoms with Crippen LogP contribution >= 0.6 is 11.6 Å². The maximum Gasteiger partial charge on any atom is 0.343 e. The normalized spacial score (nSPS) is 10.6. The van der Waals surface area contributed by atoms with Crippen molar-refractivity contribution in [3.05, 3.63) is 125 Å². The Kier molecular flexibility index (Phi) is 8.88. The highest BCUT2D eigenvalue weighted by Gasteiger charge is 2.09. The number of esters is 1. The number of carbonyl (C=O) groups is 2. The Morgan fingerprint density at radius 2 is 1.49 bits per heavy atom. The van der Waals surface area contributed by atoms with Crippen LogP contribution in [0.25, 0.3) is 0 Å². The predicted octanol–water partition coefficient (Wildman–Crippen LogP) is 5.67. The van der Waals surface area contributed by atoms with E-state index in [0.29, 0.717) is 40.0 Å². The van der Waals surface area contributed by atoms with Crippen molar-refractivity contribution in [3.8, 4) is 17.2 Å². The molecule has 0 radical (unpaired) electrons. The summed E-state index contributed by atoms with van der Waals surface area (Å²) in [7, 11) is 0. The average Bonchev–Trinajstić information content (AvgIpc) is 2.92. The molecule has 0 aromatic heterocycles. The van der Waals surface area contributed by atoms with Gasteiger partial charge in [0, 0.05) is 5.02 Å². The van der Waals surface area contributed by atoms with Crippen molar-refractivity contribution in [2.75, 3.05) is 6.61 Å². The molecule has 4 aromatic carbocycles. The molecule has 1 N–H and O–H groups in total. The minimum Gasteiger partial charge on any atom is -0.489 e. The maximum absolute atomic E-state index is 12.3. The van der Waals surface area contributed by atoms with Gasteiger partial charge in [-0.15, -0.1) is 0 Å². The fraction of sp³-hybridized carbons (Fsp3) is 0.0690. The summed E-state index contributed by atoms with van der Waals surface area (Å²) >= 11 is 5.84. The van der Waals surface area contributed by atoms with Crippen LogP contribution in [0.15, 0.2) is 108 Å². The zero-order chi connectivity index (χ0) is 25.9. The molecule has 4 rings (SSSR count). The summed E-state index contributed by atoms with van der Waals surface area (Å²) in [6.07, 6.45) is 1.44. The van der Waals surface area contributed by atoms with Crippen LogP contribution < -0.4 is 19.6 Å². The third kappa shape index (κ3) is 8.23. The Balaban J connectivity index is 1.21. The first-order chi connectivity index (χ1) is 18.0. The molecule has 0 spiro atoms. The van der Waals surface area contributed by atoms with Crippen molar-refractivity contribution < 1.29 is 23.8 Å². The molecule has 4 aromatic rings. The minimum absolute atomic E-state index is 0.208. The lowest BCUT2D eigenvalue weighted by molar-refractivity contribution is -0.123. The number of rotatable bonds is 10. The number of benzene rings is 4. The molecule has 0 aliphatic rings. The Hall–Kier alpha value is -4.62. The lowest BCUT2D eigenvalue weighted by Gasteiger charge is -2.08. The summed E-state index contributed by atoms with van der Waals surface area (Å²) in [5.74, 6) is 0.639. The second-order valence-corrected chi connectivity index (χ2v) is 8.23. The van der Waals surface area contributed by atoms with E-state index in [1.54, 1.807) is 72.8 Å². The second-order valence-electron chi connectivity index (χ2n) is 7.80. The molecule has 0 saturated carbocycles. The number of hydrazone groups is 1. The molecule has 37 heavy (non-hydrogen) atoms. The molecule has 8 heteroatoms. The van der Waals surface area contributed by atoms with E-state index in [1.807, 2.05) is 30.3 Å². The largest absolute Gasteiger partial charge is 0.489 e. The zero-order valence-electron chi connectivity index (χ0n) is 19.7. The Morgan fingerprint density at radius 3 is 2.22 bits per heavy atom. The van der Waals surface area contributed by atoms with Crippen molar-refractivity contribution in [2.24, 2.45) is 5.10 Å².